The van der Waals surface area contributed by atoms with E-state index in [0.717, 1.165) is 19.0 Å². The maximum Gasteiger partial charge on any atom is 0.255 e. The highest BCUT2D eigenvalue weighted by molar-refractivity contribution is 6.35. The molecule has 0 unspecified atom stereocenters. The standard InChI is InChI=1S/C28H23Cl2FN4O2/c1-35(14-22-4-5-33-22)28(37)26-23-11-15(16-6-18(27(32)36)10-21(31)9-16)2-3-25(23)34-13-24(26)17-7-19(29)12-20(30)8-17/h2-3,6-13,22,33H,4-5,14H2,1H3,(H2,32,36)/t22-/m0/s1. The Bertz CT molecular complexity index is 1530. The van der Waals surface area contributed by atoms with Gasteiger partial charge in [0.1, 0.15) is 5.82 Å². The molecule has 2 amide bonds. The topological polar surface area (TPSA) is 88.3 Å². The average Bonchev–Trinajstić information content (AvgIpc) is 2.83. The smallest absolute Gasteiger partial charge is 0.255 e. The van der Waals surface area contributed by atoms with Gasteiger partial charge in [-0.2, -0.15) is 0 Å². The van der Waals surface area contributed by atoms with E-state index >= 15 is 0 Å². The van der Waals surface area contributed by atoms with E-state index in [-0.39, 0.29) is 17.5 Å². The average molecular weight is 537 g/mol. The van der Waals surface area contributed by atoms with Crippen molar-refractivity contribution < 1.29 is 14.0 Å². The predicted molar refractivity (Wildman–Crippen MR) is 144 cm³/mol. The van der Waals surface area contributed by atoms with Crippen molar-refractivity contribution >= 4 is 45.9 Å². The molecule has 9 heteroatoms. The number of carbonyl (C=O) groups excluding carboxylic acids is 2. The zero-order valence-corrected chi connectivity index (χ0v) is 21.4. The van der Waals surface area contributed by atoms with Crippen LogP contribution in [-0.4, -0.2) is 47.9 Å². The third-order valence-corrected chi connectivity index (χ3v) is 6.97. The molecule has 1 fully saturated rings. The van der Waals surface area contributed by atoms with Gasteiger partial charge in [-0.05, 0) is 78.2 Å². The SMILES string of the molecule is CN(C[C@@H]1CCN1)C(=O)c1c(-c2cc(Cl)cc(Cl)c2)cnc2ccc(-c3cc(F)cc(C(N)=O)c3)cc12. The van der Waals surface area contributed by atoms with Crippen molar-refractivity contribution in [3.8, 4) is 22.3 Å². The number of rotatable bonds is 6. The van der Waals surface area contributed by atoms with Gasteiger partial charge in [0, 0.05) is 52.4 Å². The number of hydrogen-bond acceptors (Lipinski definition) is 4. The summed E-state index contributed by atoms with van der Waals surface area (Å²) in [6.45, 7) is 1.48. The van der Waals surface area contributed by atoms with Crippen LogP contribution in [0.2, 0.25) is 10.0 Å². The van der Waals surface area contributed by atoms with E-state index in [1.54, 1.807) is 54.5 Å². The van der Waals surface area contributed by atoms with Crippen molar-refractivity contribution in [2.75, 3.05) is 20.1 Å². The molecule has 6 nitrogen and oxygen atoms in total. The molecule has 0 saturated carbocycles. The Kier molecular flexibility index (Phi) is 6.86. The van der Waals surface area contributed by atoms with E-state index in [1.165, 1.54) is 12.1 Å². The molecular formula is C28H23Cl2FN4O2. The molecule has 5 rings (SSSR count). The number of aromatic nitrogens is 1. The van der Waals surface area contributed by atoms with Crippen molar-refractivity contribution in [2.45, 2.75) is 12.5 Å². The predicted octanol–water partition coefficient (Wildman–Crippen LogP) is 5.55. The maximum atomic E-state index is 14.3. The van der Waals surface area contributed by atoms with E-state index in [4.69, 9.17) is 28.9 Å². The summed E-state index contributed by atoms with van der Waals surface area (Å²) in [5, 5.41) is 4.76. The van der Waals surface area contributed by atoms with Crippen LogP contribution in [-0.2, 0) is 0 Å². The van der Waals surface area contributed by atoms with Gasteiger partial charge in [0.2, 0.25) is 5.91 Å². The molecule has 1 aliphatic rings. The van der Waals surface area contributed by atoms with Crippen LogP contribution in [0.1, 0.15) is 27.1 Å². The molecule has 4 aromatic rings. The number of primary amides is 1. The van der Waals surface area contributed by atoms with Crippen molar-refractivity contribution in [3.05, 3.63) is 87.8 Å². The molecule has 1 atom stereocenters. The molecular weight excluding hydrogens is 514 g/mol. The number of carbonyl (C=O) groups is 2. The molecule has 0 bridgehead atoms. The van der Waals surface area contributed by atoms with Gasteiger partial charge < -0.3 is 16.0 Å². The molecule has 1 aliphatic heterocycles. The molecule has 37 heavy (non-hydrogen) atoms. The van der Waals surface area contributed by atoms with E-state index in [0.29, 0.717) is 55.3 Å². The third-order valence-electron chi connectivity index (χ3n) is 6.54. The second-order valence-corrected chi connectivity index (χ2v) is 10.0. The van der Waals surface area contributed by atoms with Gasteiger partial charge in [-0.1, -0.05) is 29.3 Å². The minimum Gasteiger partial charge on any atom is -0.366 e. The van der Waals surface area contributed by atoms with Gasteiger partial charge in [-0.3, -0.25) is 14.6 Å². The highest BCUT2D eigenvalue weighted by atomic mass is 35.5. The zero-order chi connectivity index (χ0) is 26.3. The molecule has 0 aliphatic carbocycles. The first-order valence-corrected chi connectivity index (χ1v) is 12.4. The Hall–Kier alpha value is -3.52. The first kappa shape index (κ1) is 25.1. The fraction of sp³-hybridized carbons (Fsp3) is 0.179. The molecule has 3 N–H and O–H groups in total. The third kappa shape index (κ3) is 5.16. The quantitative estimate of drug-likeness (QED) is 0.338. The summed E-state index contributed by atoms with van der Waals surface area (Å²) in [4.78, 5) is 31.9. The van der Waals surface area contributed by atoms with Crippen molar-refractivity contribution in [1.29, 1.82) is 0 Å². The zero-order valence-electron chi connectivity index (χ0n) is 19.9. The van der Waals surface area contributed by atoms with Gasteiger partial charge in [-0.25, -0.2) is 4.39 Å². The lowest BCUT2D eigenvalue weighted by molar-refractivity contribution is 0.0769. The summed E-state index contributed by atoms with van der Waals surface area (Å²) < 4.78 is 14.3. The summed E-state index contributed by atoms with van der Waals surface area (Å²) in [7, 11) is 1.76. The van der Waals surface area contributed by atoms with Crippen LogP contribution in [0.25, 0.3) is 33.2 Å². The van der Waals surface area contributed by atoms with Gasteiger partial charge in [-0.15, -0.1) is 0 Å². The van der Waals surface area contributed by atoms with Gasteiger partial charge in [0.05, 0.1) is 11.1 Å². The number of nitrogens with zero attached hydrogens (tertiary/aromatic N) is 2. The van der Waals surface area contributed by atoms with Crippen LogP contribution in [0.15, 0.2) is 60.8 Å². The lowest BCUT2D eigenvalue weighted by Crippen LogP contribution is -2.50. The number of nitrogens with one attached hydrogen (secondary N) is 1. The lowest BCUT2D eigenvalue weighted by atomic mass is 9.93. The second kappa shape index (κ2) is 10.1. The van der Waals surface area contributed by atoms with Gasteiger partial charge in [0.25, 0.3) is 5.91 Å². The Balaban J connectivity index is 1.72. The minimum atomic E-state index is -0.731. The number of fused-ring (bicyclic) bond motifs is 1. The number of benzene rings is 3. The Labute approximate surface area is 223 Å². The fourth-order valence-corrected chi connectivity index (χ4v) is 5.06. The molecule has 3 aromatic carbocycles. The summed E-state index contributed by atoms with van der Waals surface area (Å²) in [5.41, 5.74) is 8.75. The Morgan fingerprint density at radius 1 is 1.05 bits per heavy atom. The largest absolute Gasteiger partial charge is 0.366 e. The van der Waals surface area contributed by atoms with Crippen molar-refractivity contribution in [3.63, 3.8) is 0 Å². The van der Waals surface area contributed by atoms with E-state index in [2.05, 4.69) is 10.3 Å². The summed E-state index contributed by atoms with van der Waals surface area (Å²) >= 11 is 12.6. The van der Waals surface area contributed by atoms with Crippen LogP contribution >= 0.6 is 23.2 Å². The second-order valence-electron chi connectivity index (χ2n) is 9.16. The molecule has 0 spiro atoms. The highest BCUT2D eigenvalue weighted by Gasteiger charge is 2.25. The fourth-order valence-electron chi connectivity index (χ4n) is 4.54. The molecule has 0 radical (unpaired) electrons. The highest BCUT2D eigenvalue weighted by Crippen LogP contribution is 2.35. The number of likely N-dealkylation sites (N-methyl/N-ethyl adjacent to an activating group) is 1. The van der Waals surface area contributed by atoms with Crippen molar-refractivity contribution in [1.82, 2.24) is 15.2 Å². The number of pyridine rings is 1. The maximum absolute atomic E-state index is 14.3. The van der Waals surface area contributed by atoms with Crippen LogP contribution in [0.3, 0.4) is 0 Å². The number of hydrogen-bond donors (Lipinski definition) is 2. The summed E-state index contributed by atoms with van der Waals surface area (Å²) in [5.74, 6) is -1.51. The normalized spacial score (nSPS) is 14.9. The van der Waals surface area contributed by atoms with E-state index in [1.807, 2.05) is 0 Å². The van der Waals surface area contributed by atoms with E-state index < -0.39 is 11.7 Å². The number of halogens is 3. The van der Waals surface area contributed by atoms with Crippen LogP contribution in [0, 0.1) is 5.82 Å². The molecule has 188 valence electrons. The monoisotopic (exact) mass is 536 g/mol. The summed E-state index contributed by atoms with van der Waals surface area (Å²) in [6.07, 6.45) is 2.64. The number of nitrogens with two attached hydrogens (primary N) is 1. The Morgan fingerprint density at radius 2 is 1.78 bits per heavy atom. The van der Waals surface area contributed by atoms with Crippen LogP contribution in [0.5, 0.6) is 0 Å². The number of amides is 2. The van der Waals surface area contributed by atoms with Gasteiger partial charge >= 0.3 is 0 Å². The van der Waals surface area contributed by atoms with E-state index in [9.17, 15) is 14.0 Å². The van der Waals surface area contributed by atoms with Crippen molar-refractivity contribution in [2.24, 2.45) is 5.73 Å². The lowest BCUT2D eigenvalue weighted by Gasteiger charge is -2.32. The van der Waals surface area contributed by atoms with Crippen LogP contribution < -0.4 is 11.1 Å². The van der Waals surface area contributed by atoms with Crippen LogP contribution in [0.4, 0.5) is 4.39 Å². The minimum absolute atomic E-state index is 0.0552. The first-order chi connectivity index (χ1) is 17.7. The first-order valence-electron chi connectivity index (χ1n) is 11.7. The molecule has 1 saturated heterocycles. The Morgan fingerprint density at radius 3 is 2.43 bits per heavy atom. The van der Waals surface area contributed by atoms with Gasteiger partial charge in [0.15, 0.2) is 0 Å². The molecule has 1 aromatic heterocycles. The summed E-state index contributed by atoms with van der Waals surface area (Å²) in [6, 6.07) is 14.6. The molecule has 2 heterocycles.